The van der Waals surface area contributed by atoms with Gasteiger partial charge in [-0.2, -0.15) is 4.31 Å². The van der Waals surface area contributed by atoms with Gasteiger partial charge < -0.3 is 14.7 Å². The third kappa shape index (κ3) is 7.97. The summed E-state index contributed by atoms with van der Waals surface area (Å²) in [4.78, 5) is 32.1. The van der Waals surface area contributed by atoms with Gasteiger partial charge in [-0.3, -0.25) is 9.59 Å². The number of nitrogens with zero attached hydrogens (tertiary/aromatic N) is 4. The molecule has 1 aliphatic rings. The minimum atomic E-state index is -4.43. The fourth-order valence-electron chi connectivity index (χ4n) is 5.87. The lowest BCUT2D eigenvalue weighted by Crippen LogP contribution is -2.56. The zero-order valence-corrected chi connectivity index (χ0v) is 30.0. The van der Waals surface area contributed by atoms with Gasteiger partial charge in [-0.05, 0) is 85.7 Å². The predicted molar refractivity (Wildman–Crippen MR) is 189 cm³/mol. The molecule has 0 saturated carbocycles. The minimum Gasteiger partial charge on any atom is -0.343 e. The molecule has 0 bridgehead atoms. The van der Waals surface area contributed by atoms with E-state index < -0.39 is 50.1 Å². The van der Waals surface area contributed by atoms with Gasteiger partial charge >= 0.3 is 0 Å². The van der Waals surface area contributed by atoms with Crippen molar-refractivity contribution in [2.24, 2.45) is 0 Å². The lowest BCUT2D eigenvalue weighted by atomic mass is 10.0. The molecule has 1 heterocycles. The van der Waals surface area contributed by atoms with Gasteiger partial charge in [0.15, 0.2) is 9.84 Å². The number of sulfonamides is 1. The van der Waals surface area contributed by atoms with E-state index in [0.717, 1.165) is 22.0 Å². The number of likely N-dealkylation sites (N-methyl/N-ethyl adjacent to an activating group) is 2. The van der Waals surface area contributed by atoms with E-state index in [1.54, 1.807) is 49.5 Å². The quantitative estimate of drug-likeness (QED) is 0.216. The number of anilines is 1. The van der Waals surface area contributed by atoms with Gasteiger partial charge in [-0.25, -0.2) is 21.2 Å². The Morgan fingerprint density at radius 1 is 0.918 bits per heavy atom. The van der Waals surface area contributed by atoms with Crippen molar-refractivity contribution in [3.8, 4) is 11.1 Å². The van der Waals surface area contributed by atoms with E-state index in [1.165, 1.54) is 40.1 Å². The number of carbonyl (C=O) groups is 2. The number of benzene rings is 4. The maximum absolute atomic E-state index is 15.8. The van der Waals surface area contributed by atoms with Crippen LogP contribution < -0.4 is 4.90 Å². The Hall–Kier alpha value is -3.88. The molecule has 1 saturated heterocycles. The highest BCUT2D eigenvalue weighted by atomic mass is 35.5. The van der Waals surface area contributed by atoms with Crippen LogP contribution in [0.1, 0.15) is 12.8 Å². The first-order valence-electron chi connectivity index (χ1n) is 15.6. The minimum absolute atomic E-state index is 0.0362. The van der Waals surface area contributed by atoms with E-state index in [4.69, 9.17) is 11.6 Å². The molecule has 260 valence electrons. The highest BCUT2D eigenvalue weighted by Crippen LogP contribution is 2.34. The van der Waals surface area contributed by atoms with Crippen LogP contribution in [0.3, 0.4) is 0 Å². The molecule has 49 heavy (non-hydrogen) atoms. The van der Waals surface area contributed by atoms with Crippen LogP contribution in [0, 0.1) is 5.82 Å². The standard InChI is InChI=1S/C35H38ClFN4O6S2/c1-38(2)18-19-39(3)34(42)23-41(49(46,47)28-15-12-24-20-27(36)14-11-25(24)21-28)32-9-7-17-40(35(32)43)31-16-13-26(22-30(31)37)29-8-5-6-10-33(29)48(4,44)45/h5-6,8,10-16,20-22,32H,7,9,17-19,23H2,1-4H3. The molecule has 0 aromatic heterocycles. The number of sulfone groups is 1. The number of amides is 2. The lowest BCUT2D eigenvalue weighted by molar-refractivity contribution is -0.131. The fraction of sp³-hybridized carbons (Fsp3) is 0.314. The third-order valence-electron chi connectivity index (χ3n) is 8.57. The van der Waals surface area contributed by atoms with E-state index in [0.29, 0.717) is 41.0 Å². The van der Waals surface area contributed by atoms with E-state index in [2.05, 4.69) is 0 Å². The number of fused-ring (bicyclic) bond motifs is 1. The molecule has 5 rings (SSSR count). The Labute approximate surface area is 291 Å². The summed E-state index contributed by atoms with van der Waals surface area (Å²) in [6.45, 7) is 0.398. The van der Waals surface area contributed by atoms with E-state index in [-0.39, 0.29) is 28.4 Å². The van der Waals surface area contributed by atoms with Crippen LogP contribution in [-0.4, -0.2) is 102 Å². The van der Waals surface area contributed by atoms with Crippen LogP contribution in [0.4, 0.5) is 10.1 Å². The molecule has 4 aromatic carbocycles. The Kier molecular flexibility index (Phi) is 10.8. The molecule has 1 atom stereocenters. The molecular formula is C35H38ClFN4O6S2. The zero-order chi connectivity index (χ0) is 35.7. The van der Waals surface area contributed by atoms with Crippen molar-refractivity contribution in [1.82, 2.24) is 14.1 Å². The first kappa shape index (κ1) is 36.4. The second kappa shape index (κ2) is 14.5. The Balaban J connectivity index is 1.51. The Bertz CT molecular complexity index is 2130. The predicted octanol–water partition coefficient (Wildman–Crippen LogP) is 4.91. The summed E-state index contributed by atoms with van der Waals surface area (Å²) in [5.74, 6) is -1.95. The van der Waals surface area contributed by atoms with Gasteiger partial charge in [0.25, 0.3) is 0 Å². The van der Waals surface area contributed by atoms with Gasteiger partial charge in [-0.15, -0.1) is 0 Å². The van der Waals surface area contributed by atoms with Crippen LogP contribution in [0.2, 0.25) is 5.02 Å². The van der Waals surface area contributed by atoms with E-state index in [1.807, 2.05) is 19.0 Å². The largest absolute Gasteiger partial charge is 0.343 e. The number of halogens is 2. The maximum Gasteiger partial charge on any atom is 0.245 e. The molecule has 1 aliphatic heterocycles. The number of rotatable bonds is 11. The molecule has 1 unspecified atom stereocenters. The first-order chi connectivity index (χ1) is 23.1. The second-order valence-corrected chi connectivity index (χ2v) is 16.7. The van der Waals surface area contributed by atoms with Crippen molar-refractivity contribution >= 4 is 59.7 Å². The molecule has 10 nitrogen and oxygen atoms in total. The number of carbonyl (C=O) groups excluding carboxylic acids is 2. The summed E-state index contributed by atoms with van der Waals surface area (Å²) in [5, 5.41) is 1.82. The molecule has 0 radical (unpaired) electrons. The van der Waals surface area contributed by atoms with Crippen molar-refractivity contribution < 1.29 is 30.8 Å². The summed E-state index contributed by atoms with van der Waals surface area (Å²) in [5.41, 5.74) is 0.534. The Morgan fingerprint density at radius 3 is 2.31 bits per heavy atom. The summed E-state index contributed by atoms with van der Waals surface area (Å²) >= 11 is 6.12. The molecular weight excluding hydrogens is 691 g/mol. The van der Waals surface area contributed by atoms with Crippen molar-refractivity contribution in [2.75, 3.05) is 58.5 Å². The van der Waals surface area contributed by atoms with Crippen LogP contribution in [0.5, 0.6) is 0 Å². The van der Waals surface area contributed by atoms with Crippen molar-refractivity contribution in [3.63, 3.8) is 0 Å². The van der Waals surface area contributed by atoms with Gasteiger partial charge in [-0.1, -0.05) is 48.0 Å². The van der Waals surface area contributed by atoms with Crippen molar-refractivity contribution in [2.45, 2.75) is 28.7 Å². The van der Waals surface area contributed by atoms with Crippen LogP contribution in [0.15, 0.2) is 88.7 Å². The van der Waals surface area contributed by atoms with Gasteiger partial charge in [0.1, 0.15) is 11.9 Å². The lowest BCUT2D eigenvalue weighted by Gasteiger charge is -2.38. The summed E-state index contributed by atoms with van der Waals surface area (Å²) < 4.78 is 70.3. The molecule has 1 fully saturated rings. The molecule has 4 aromatic rings. The fourth-order valence-corrected chi connectivity index (χ4v) is 8.56. The number of hydrogen-bond donors (Lipinski definition) is 0. The van der Waals surface area contributed by atoms with Crippen molar-refractivity contribution in [3.05, 3.63) is 89.7 Å². The summed E-state index contributed by atoms with van der Waals surface area (Å²) in [7, 11) is -2.76. The highest BCUT2D eigenvalue weighted by Gasteiger charge is 2.42. The summed E-state index contributed by atoms with van der Waals surface area (Å²) in [6.07, 6.45) is 1.52. The van der Waals surface area contributed by atoms with Crippen LogP contribution in [-0.2, 0) is 29.4 Å². The van der Waals surface area contributed by atoms with Gasteiger partial charge in [0.2, 0.25) is 21.8 Å². The Morgan fingerprint density at radius 2 is 1.61 bits per heavy atom. The van der Waals surface area contributed by atoms with Crippen LogP contribution in [0.25, 0.3) is 21.9 Å². The normalized spacial score (nSPS) is 15.7. The summed E-state index contributed by atoms with van der Waals surface area (Å²) in [6, 6.07) is 18.6. The molecule has 0 N–H and O–H groups in total. The average molecular weight is 729 g/mol. The van der Waals surface area contributed by atoms with E-state index >= 15 is 4.39 Å². The van der Waals surface area contributed by atoms with Gasteiger partial charge in [0, 0.05) is 43.5 Å². The highest BCUT2D eigenvalue weighted by molar-refractivity contribution is 7.90. The first-order valence-corrected chi connectivity index (χ1v) is 19.3. The molecule has 2 amide bonds. The van der Waals surface area contributed by atoms with Gasteiger partial charge in [0.05, 0.1) is 22.0 Å². The maximum atomic E-state index is 15.8. The molecule has 0 spiro atoms. The molecule has 14 heteroatoms. The monoisotopic (exact) mass is 728 g/mol. The number of hydrogen-bond acceptors (Lipinski definition) is 7. The topological polar surface area (TPSA) is 115 Å². The third-order valence-corrected chi connectivity index (χ3v) is 11.8. The average Bonchev–Trinajstić information content (AvgIpc) is 3.05. The van der Waals surface area contributed by atoms with E-state index in [9.17, 15) is 26.4 Å². The molecule has 0 aliphatic carbocycles. The second-order valence-electron chi connectivity index (χ2n) is 12.4. The smallest absolute Gasteiger partial charge is 0.245 e. The van der Waals surface area contributed by atoms with Crippen molar-refractivity contribution in [1.29, 1.82) is 0 Å². The zero-order valence-electron chi connectivity index (χ0n) is 27.6. The SMILES string of the molecule is CN(C)CCN(C)C(=O)CN(C1CCCN(c2ccc(-c3ccccc3S(C)(=O)=O)cc2F)C1=O)S(=O)(=O)c1ccc2cc(Cl)ccc2c1. The van der Waals surface area contributed by atoms with Crippen LogP contribution >= 0.6 is 11.6 Å². The number of piperidine rings is 1.